The quantitative estimate of drug-likeness (QED) is 0.734. The molecule has 1 unspecified atom stereocenters. The number of carbonyl (C=O) groups excluding carboxylic acids is 1. The number of nitrogens with zero attached hydrogens (tertiary/aromatic N) is 2. The van der Waals surface area contributed by atoms with Crippen LogP contribution < -0.4 is 5.32 Å². The van der Waals surface area contributed by atoms with E-state index in [2.05, 4.69) is 47.5 Å². The highest BCUT2D eigenvalue weighted by Gasteiger charge is 2.22. The van der Waals surface area contributed by atoms with Gasteiger partial charge in [-0.15, -0.1) is 0 Å². The van der Waals surface area contributed by atoms with Crippen molar-refractivity contribution in [1.29, 1.82) is 0 Å². The highest BCUT2D eigenvalue weighted by Crippen LogP contribution is 2.21. The lowest BCUT2D eigenvalue weighted by atomic mass is 10.0. The van der Waals surface area contributed by atoms with E-state index < -0.39 is 6.04 Å². The van der Waals surface area contributed by atoms with Gasteiger partial charge in [0.2, 0.25) is 5.91 Å². The van der Waals surface area contributed by atoms with E-state index in [4.69, 9.17) is 4.52 Å². The molecule has 1 atom stereocenters. The third-order valence-corrected chi connectivity index (χ3v) is 4.35. The summed E-state index contributed by atoms with van der Waals surface area (Å²) in [4.78, 5) is 16.8. The van der Waals surface area contributed by atoms with Crippen LogP contribution in [0.3, 0.4) is 0 Å². The van der Waals surface area contributed by atoms with Crippen molar-refractivity contribution < 1.29 is 9.32 Å². The lowest BCUT2D eigenvalue weighted by Gasteiger charge is -2.16. The van der Waals surface area contributed by atoms with Gasteiger partial charge in [0.05, 0.1) is 0 Å². The summed E-state index contributed by atoms with van der Waals surface area (Å²) < 4.78 is 5.30. The molecule has 1 amide bonds. The fourth-order valence-electron chi connectivity index (χ4n) is 2.97. The van der Waals surface area contributed by atoms with Gasteiger partial charge in [0, 0.05) is 6.42 Å². The highest BCUT2D eigenvalue weighted by atomic mass is 16.5. The average Bonchev–Trinajstić information content (AvgIpc) is 3.06. The molecule has 0 fully saturated rings. The molecular formula is C21H23N3O2. The Bertz CT molecular complexity index is 887. The van der Waals surface area contributed by atoms with Crippen LogP contribution in [0.5, 0.6) is 0 Å². The van der Waals surface area contributed by atoms with Crippen molar-refractivity contribution in [3.63, 3.8) is 0 Å². The maximum Gasteiger partial charge on any atom is 0.253 e. The monoisotopic (exact) mass is 349 g/mol. The normalized spacial score (nSPS) is 12.0. The third-order valence-electron chi connectivity index (χ3n) is 4.35. The number of aryl methyl sites for hydroxylation is 4. The standard InChI is InChI=1S/C21H23N3O2/c1-14-9-10-17(15(2)13-14)11-12-19(25)23-20(18-7-5-4-6-8-18)21-22-16(3)24-26-21/h4-10,13,20H,11-12H2,1-3H3,(H,23,25). The van der Waals surface area contributed by atoms with E-state index in [1.807, 2.05) is 30.3 Å². The second-order valence-electron chi connectivity index (χ2n) is 6.52. The molecule has 0 bridgehead atoms. The molecule has 1 N–H and O–H groups in total. The van der Waals surface area contributed by atoms with Crippen LogP contribution in [0.1, 0.15) is 46.4 Å². The van der Waals surface area contributed by atoms with E-state index in [1.165, 1.54) is 16.7 Å². The van der Waals surface area contributed by atoms with Gasteiger partial charge in [-0.2, -0.15) is 4.98 Å². The maximum atomic E-state index is 12.6. The maximum absolute atomic E-state index is 12.6. The van der Waals surface area contributed by atoms with E-state index in [0.29, 0.717) is 24.6 Å². The summed E-state index contributed by atoms with van der Waals surface area (Å²) in [7, 11) is 0. The Balaban J connectivity index is 1.71. The number of nitrogens with one attached hydrogen (secondary N) is 1. The Morgan fingerprint density at radius 1 is 1.12 bits per heavy atom. The van der Waals surface area contributed by atoms with Gasteiger partial charge >= 0.3 is 0 Å². The molecule has 5 nitrogen and oxygen atoms in total. The van der Waals surface area contributed by atoms with Crippen LogP contribution in [-0.4, -0.2) is 16.0 Å². The van der Waals surface area contributed by atoms with Crippen LogP contribution in [0, 0.1) is 20.8 Å². The summed E-state index contributed by atoms with van der Waals surface area (Å²) in [5.41, 5.74) is 4.54. The van der Waals surface area contributed by atoms with Gasteiger partial charge < -0.3 is 9.84 Å². The minimum Gasteiger partial charge on any atom is -0.341 e. The predicted molar refractivity (Wildman–Crippen MR) is 99.7 cm³/mol. The number of hydrogen-bond donors (Lipinski definition) is 1. The van der Waals surface area contributed by atoms with E-state index in [-0.39, 0.29) is 5.91 Å². The van der Waals surface area contributed by atoms with Crippen LogP contribution >= 0.6 is 0 Å². The Labute approximate surface area is 153 Å². The Kier molecular flexibility index (Phi) is 5.46. The average molecular weight is 349 g/mol. The molecule has 0 aliphatic rings. The van der Waals surface area contributed by atoms with Gasteiger partial charge in [-0.3, -0.25) is 4.79 Å². The zero-order valence-corrected chi connectivity index (χ0v) is 15.3. The number of aromatic nitrogens is 2. The van der Waals surface area contributed by atoms with Crippen molar-refractivity contribution >= 4 is 5.91 Å². The Hall–Kier alpha value is -2.95. The van der Waals surface area contributed by atoms with Crippen molar-refractivity contribution in [3.8, 4) is 0 Å². The van der Waals surface area contributed by atoms with Gasteiger partial charge in [0.15, 0.2) is 5.82 Å². The van der Waals surface area contributed by atoms with Crippen molar-refractivity contribution in [3.05, 3.63) is 82.5 Å². The number of hydrogen-bond acceptors (Lipinski definition) is 4. The summed E-state index contributed by atoms with van der Waals surface area (Å²) in [6.07, 6.45) is 1.10. The molecule has 0 spiro atoms. The molecule has 0 aliphatic heterocycles. The van der Waals surface area contributed by atoms with Crippen LogP contribution in [0.4, 0.5) is 0 Å². The minimum absolute atomic E-state index is 0.0466. The van der Waals surface area contributed by atoms with Crippen LogP contribution in [0.15, 0.2) is 53.1 Å². The first-order valence-corrected chi connectivity index (χ1v) is 8.73. The summed E-state index contributed by atoms with van der Waals surface area (Å²) in [5.74, 6) is 0.897. The molecule has 3 aromatic rings. The number of amides is 1. The first kappa shape index (κ1) is 17.9. The van der Waals surface area contributed by atoms with Crippen LogP contribution in [0.25, 0.3) is 0 Å². The van der Waals surface area contributed by atoms with Gasteiger partial charge in [0.1, 0.15) is 6.04 Å². The summed E-state index contributed by atoms with van der Waals surface area (Å²) in [6, 6.07) is 15.5. The molecule has 5 heteroatoms. The zero-order chi connectivity index (χ0) is 18.5. The van der Waals surface area contributed by atoms with Crippen molar-refractivity contribution in [2.75, 3.05) is 0 Å². The van der Waals surface area contributed by atoms with E-state index in [1.54, 1.807) is 6.92 Å². The largest absolute Gasteiger partial charge is 0.341 e. The lowest BCUT2D eigenvalue weighted by molar-refractivity contribution is -0.121. The fraction of sp³-hybridized carbons (Fsp3) is 0.286. The Morgan fingerprint density at radius 3 is 2.54 bits per heavy atom. The number of carbonyl (C=O) groups is 1. The molecule has 0 radical (unpaired) electrons. The second kappa shape index (κ2) is 7.95. The molecule has 0 saturated heterocycles. The minimum atomic E-state index is -0.441. The Morgan fingerprint density at radius 2 is 1.88 bits per heavy atom. The van der Waals surface area contributed by atoms with Crippen molar-refractivity contribution in [2.24, 2.45) is 0 Å². The third kappa shape index (κ3) is 4.36. The molecule has 0 saturated carbocycles. The highest BCUT2D eigenvalue weighted by molar-refractivity contribution is 5.77. The van der Waals surface area contributed by atoms with E-state index >= 15 is 0 Å². The second-order valence-corrected chi connectivity index (χ2v) is 6.52. The SMILES string of the molecule is Cc1ccc(CCC(=O)NC(c2ccccc2)c2nc(C)no2)c(C)c1. The first-order chi connectivity index (χ1) is 12.5. The molecule has 0 aliphatic carbocycles. The van der Waals surface area contributed by atoms with Gasteiger partial charge in [0.25, 0.3) is 5.89 Å². The predicted octanol–water partition coefficient (Wildman–Crippen LogP) is 3.83. The molecule has 3 rings (SSSR count). The number of benzene rings is 2. The lowest BCUT2D eigenvalue weighted by Crippen LogP contribution is -2.29. The van der Waals surface area contributed by atoms with Gasteiger partial charge in [-0.05, 0) is 43.9 Å². The first-order valence-electron chi connectivity index (χ1n) is 8.73. The van der Waals surface area contributed by atoms with E-state index in [9.17, 15) is 4.79 Å². The fourth-order valence-corrected chi connectivity index (χ4v) is 2.97. The molecule has 1 aromatic heterocycles. The molecular weight excluding hydrogens is 326 g/mol. The number of rotatable bonds is 6. The van der Waals surface area contributed by atoms with Crippen molar-refractivity contribution in [2.45, 2.75) is 39.7 Å². The summed E-state index contributed by atoms with van der Waals surface area (Å²) in [5, 5.41) is 6.88. The molecule has 1 heterocycles. The summed E-state index contributed by atoms with van der Waals surface area (Å²) >= 11 is 0. The van der Waals surface area contributed by atoms with Crippen molar-refractivity contribution in [1.82, 2.24) is 15.5 Å². The van der Waals surface area contributed by atoms with E-state index in [0.717, 1.165) is 5.56 Å². The summed E-state index contributed by atoms with van der Waals surface area (Å²) in [6.45, 7) is 5.91. The molecule has 2 aromatic carbocycles. The van der Waals surface area contributed by atoms with Crippen LogP contribution in [0.2, 0.25) is 0 Å². The zero-order valence-electron chi connectivity index (χ0n) is 15.3. The van der Waals surface area contributed by atoms with Crippen LogP contribution in [-0.2, 0) is 11.2 Å². The smallest absolute Gasteiger partial charge is 0.253 e. The molecule has 134 valence electrons. The van der Waals surface area contributed by atoms with Gasteiger partial charge in [-0.25, -0.2) is 0 Å². The van der Waals surface area contributed by atoms with Gasteiger partial charge in [-0.1, -0.05) is 59.3 Å². The molecule has 26 heavy (non-hydrogen) atoms. The topological polar surface area (TPSA) is 68.0 Å².